The molecule has 1 heterocycles. The Labute approximate surface area is 108 Å². The first-order valence-corrected chi connectivity index (χ1v) is 6.03. The molecule has 1 aromatic rings. The molecule has 1 amide bonds. The van der Waals surface area contributed by atoms with Crippen molar-refractivity contribution in [3.8, 4) is 0 Å². The van der Waals surface area contributed by atoms with Gasteiger partial charge in [0.2, 0.25) is 0 Å². The molecule has 1 aromatic heterocycles. The standard InChI is InChI=1S/C12H22N4O2/c1-9(15-11(17)18-12(2,3)4)10-7-14-8-16(10)6-5-13/h7-9H,5-6,13H2,1-4H3,(H,15,17)/t9-/m0/s1. The highest BCUT2D eigenvalue weighted by Crippen LogP contribution is 2.13. The zero-order valence-corrected chi connectivity index (χ0v) is 11.4. The Balaban J connectivity index is 2.62. The van der Waals surface area contributed by atoms with Gasteiger partial charge in [-0.05, 0) is 27.7 Å². The first-order chi connectivity index (χ1) is 8.33. The molecule has 0 saturated heterocycles. The van der Waals surface area contributed by atoms with Crippen LogP contribution < -0.4 is 11.1 Å². The lowest BCUT2D eigenvalue weighted by Gasteiger charge is -2.22. The molecule has 1 rings (SSSR count). The Morgan fingerprint density at radius 1 is 1.61 bits per heavy atom. The zero-order valence-electron chi connectivity index (χ0n) is 11.4. The third-order valence-corrected chi connectivity index (χ3v) is 2.29. The molecule has 0 aliphatic carbocycles. The quantitative estimate of drug-likeness (QED) is 0.851. The topological polar surface area (TPSA) is 82.2 Å². The van der Waals surface area contributed by atoms with E-state index in [9.17, 15) is 4.79 Å². The minimum Gasteiger partial charge on any atom is -0.444 e. The van der Waals surface area contributed by atoms with Crippen molar-refractivity contribution in [3.05, 3.63) is 18.2 Å². The number of carbonyl (C=O) groups is 1. The van der Waals surface area contributed by atoms with Crippen molar-refractivity contribution in [3.63, 3.8) is 0 Å². The van der Waals surface area contributed by atoms with Crippen LogP contribution in [0.1, 0.15) is 39.4 Å². The summed E-state index contributed by atoms with van der Waals surface area (Å²) in [7, 11) is 0. The number of amides is 1. The van der Waals surface area contributed by atoms with Crippen LogP contribution in [-0.4, -0.2) is 27.8 Å². The van der Waals surface area contributed by atoms with Crippen LogP contribution in [-0.2, 0) is 11.3 Å². The number of nitrogens with one attached hydrogen (secondary N) is 1. The van der Waals surface area contributed by atoms with Gasteiger partial charge in [-0.25, -0.2) is 9.78 Å². The predicted octanol–water partition coefficient (Wildman–Crippen LogP) is 1.43. The highest BCUT2D eigenvalue weighted by molar-refractivity contribution is 5.68. The number of ether oxygens (including phenoxy) is 1. The summed E-state index contributed by atoms with van der Waals surface area (Å²) >= 11 is 0. The number of hydrogen-bond acceptors (Lipinski definition) is 4. The number of alkyl carbamates (subject to hydrolysis) is 1. The van der Waals surface area contributed by atoms with Crippen molar-refractivity contribution >= 4 is 6.09 Å². The fourth-order valence-corrected chi connectivity index (χ4v) is 1.58. The summed E-state index contributed by atoms with van der Waals surface area (Å²) in [5.74, 6) is 0. The van der Waals surface area contributed by atoms with Gasteiger partial charge in [-0.15, -0.1) is 0 Å². The van der Waals surface area contributed by atoms with Crippen molar-refractivity contribution in [2.75, 3.05) is 6.54 Å². The monoisotopic (exact) mass is 254 g/mol. The average molecular weight is 254 g/mol. The number of aromatic nitrogens is 2. The van der Waals surface area contributed by atoms with Gasteiger partial charge in [-0.2, -0.15) is 0 Å². The van der Waals surface area contributed by atoms with E-state index >= 15 is 0 Å². The number of carbonyl (C=O) groups excluding carboxylic acids is 1. The van der Waals surface area contributed by atoms with Crippen LogP contribution in [0.3, 0.4) is 0 Å². The molecular weight excluding hydrogens is 232 g/mol. The van der Waals surface area contributed by atoms with E-state index in [1.165, 1.54) is 0 Å². The van der Waals surface area contributed by atoms with Gasteiger partial charge in [0.25, 0.3) is 0 Å². The largest absolute Gasteiger partial charge is 0.444 e. The molecule has 6 nitrogen and oxygen atoms in total. The lowest BCUT2D eigenvalue weighted by molar-refractivity contribution is 0.0506. The molecule has 0 radical (unpaired) electrons. The molecule has 18 heavy (non-hydrogen) atoms. The molecule has 0 unspecified atom stereocenters. The number of hydrogen-bond donors (Lipinski definition) is 2. The first-order valence-electron chi connectivity index (χ1n) is 6.03. The van der Waals surface area contributed by atoms with Crippen LogP contribution in [0.15, 0.2) is 12.5 Å². The smallest absolute Gasteiger partial charge is 0.408 e. The summed E-state index contributed by atoms with van der Waals surface area (Å²) in [6.07, 6.45) is 2.99. The van der Waals surface area contributed by atoms with Crippen LogP contribution in [0.25, 0.3) is 0 Å². The van der Waals surface area contributed by atoms with Crippen LogP contribution in [0.4, 0.5) is 4.79 Å². The van der Waals surface area contributed by atoms with Gasteiger partial charge >= 0.3 is 6.09 Å². The summed E-state index contributed by atoms with van der Waals surface area (Å²) in [6, 6.07) is -0.172. The highest BCUT2D eigenvalue weighted by Gasteiger charge is 2.19. The number of nitrogens with two attached hydrogens (primary N) is 1. The molecule has 3 N–H and O–H groups in total. The zero-order chi connectivity index (χ0) is 13.8. The van der Waals surface area contributed by atoms with Gasteiger partial charge in [-0.1, -0.05) is 0 Å². The maximum atomic E-state index is 11.6. The average Bonchev–Trinajstić information content (AvgIpc) is 2.63. The van der Waals surface area contributed by atoms with E-state index in [2.05, 4.69) is 10.3 Å². The Morgan fingerprint density at radius 3 is 2.83 bits per heavy atom. The molecule has 102 valence electrons. The van der Waals surface area contributed by atoms with Gasteiger partial charge in [-0.3, -0.25) is 0 Å². The minimum absolute atomic E-state index is 0.172. The normalized spacial score (nSPS) is 13.2. The van der Waals surface area contributed by atoms with Crippen LogP contribution in [0.5, 0.6) is 0 Å². The molecule has 1 atom stereocenters. The van der Waals surface area contributed by atoms with E-state index in [4.69, 9.17) is 10.5 Å². The Hall–Kier alpha value is -1.56. The maximum Gasteiger partial charge on any atom is 0.408 e. The minimum atomic E-state index is -0.499. The highest BCUT2D eigenvalue weighted by atomic mass is 16.6. The SMILES string of the molecule is C[C@H](NC(=O)OC(C)(C)C)c1cncn1CCN. The second-order valence-corrected chi connectivity index (χ2v) is 5.17. The summed E-state index contributed by atoms with van der Waals surface area (Å²) < 4.78 is 7.12. The van der Waals surface area contributed by atoms with Gasteiger partial charge in [0, 0.05) is 13.1 Å². The Kier molecular flexibility index (Phi) is 4.72. The summed E-state index contributed by atoms with van der Waals surface area (Å²) in [4.78, 5) is 15.7. The predicted molar refractivity (Wildman–Crippen MR) is 69.1 cm³/mol. The maximum absolute atomic E-state index is 11.6. The second kappa shape index (κ2) is 5.86. The molecule has 6 heteroatoms. The van der Waals surface area contributed by atoms with E-state index in [0.29, 0.717) is 13.1 Å². The van der Waals surface area contributed by atoms with Gasteiger partial charge in [0.05, 0.1) is 24.3 Å². The second-order valence-electron chi connectivity index (χ2n) is 5.17. The number of rotatable bonds is 4. The lowest BCUT2D eigenvalue weighted by atomic mass is 10.2. The molecule has 0 aliphatic rings. The van der Waals surface area contributed by atoms with Crippen molar-refractivity contribution in [1.29, 1.82) is 0 Å². The summed E-state index contributed by atoms with van der Waals surface area (Å²) in [6.45, 7) is 8.58. The third kappa shape index (κ3) is 4.37. The Bertz CT molecular complexity index is 395. The number of imidazole rings is 1. The van der Waals surface area contributed by atoms with Gasteiger partial charge in [0.1, 0.15) is 5.60 Å². The summed E-state index contributed by atoms with van der Waals surface area (Å²) in [5.41, 5.74) is 5.92. The van der Waals surface area contributed by atoms with Crippen molar-refractivity contribution < 1.29 is 9.53 Å². The van der Waals surface area contributed by atoms with Crippen LogP contribution in [0.2, 0.25) is 0 Å². The van der Waals surface area contributed by atoms with E-state index in [0.717, 1.165) is 5.69 Å². The molecule has 0 saturated carbocycles. The van der Waals surface area contributed by atoms with Gasteiger partial charge in [0.15, 0.2) is 0 Å². The molecule has 0 fully saturated rings. The molecule has 0 aromatic carbocycles. The molecular formula is C12H22N4O2. The van der Waals surface area contributed by atoms with E-state index in [-0.39, 0.29) is 6.04 Å². The van der Waals surface area contributed by atoms with E-state index in [1.807, 2.05) is 32.3 Å². The third-order valence-electron chi connectivity index (χ3n) is 2.29. The number of nitrogens with zero attached hydrogens (tertiary/aromatic N) is 2. The van der Waals surface area contributed by atoms with E-state index in [1.54, 1.807) is 12.5 Å². The molecule has 0 aliphatic heterocycles. The van der Waals surface area contributed by atoms with Crippen LogP contribution >= 0.6 is 0 Å². The first kappa shape index (κ1) is 14.5. The molecule has 0 spiro atoms. The fourth-order valence-electron chi connectivity index (χ4n) is 1.58. The summed E-state index contributed by atoms with van der Waals surface area (Å²) in [5, 5.41) is 2.77. The molecule has 0 bridgehead atoms. The van der Waals surface area contributed by atoms with Gasteiger partial charge < -0.3 is 20.4 Å². The lowest BCUT2D eigenvalue weighted by Crippen LogP contribution is -2.34. The Morgan fingerprint density at radius 2 is 2.28 bits per heavy atom. The van der Waals surface area contributed by atoms with Crippen molar-refractivity contribution in [1.82, 2.24) is 14.9 Å². The van der Waals surface area contributed by atoms with Crippen LogP contribution in [0, 0.1) is 0 Å². The fraction of sp³-hybridized carbons (Fsp3) is 0.667. The van der Waals surface area contributed by atoms with Crippen molar-refractivity contribution in [2.24, 2.45) is 5.73 Å². The van der Waals surface area contributed by atoms with Crippen molar-refractivity contribution in [2.45, 2.75) is 45.9 Å². The van der Waals surface area contributed by atoms with E-state index < -0.39 is 11.7 Å².